The predicted molar refractivity (Wildman–Crippen MR) is 93.3 cm³/mol. The zero-order valence-corrected chi connectivity index (χ0v) is 14.5. The number of fused-ring (bicyclic) bond motifs is 1. The van der Waals surface area contributed by atoms with Gasteiger partial charge in [-0.05, 0) is 19.1 Å². The first-order valence-electron chi connectivity index (χ1n) is 6.99. The number of carbonyl (C=O) groups excluding carboxylic acids is 1. The van der Waals surface area contributed by atoms with Crippen LogP contribution in [0.2, 0.25) is 0 Å². The highest BCUT2D eigenvalue weighted by Gasteiger charge is 2.18. The number of anilines is 1. The van der Waals surface area contributed by atoms with Gasteiger partial charge in [-0.3, -0.25) is 4.79 Å². The predicted octanol–water partition coefficient (Wildman–Crippen LogP) is 1.56. The summed E-state index contributed by atoms with van der Waals surface area (Å²) in [6.45, 7) is 1.47. The van der Waals surface area contributed by atoms with Crippen molar-refractivity contribution >= 4 is 43.4 Å². The van der Waals surface area contributed by atoms with Gasteiger partial charge in [-0.1, -0.05) is 0 Å². The van der Waals surface area contributed by atoms with E-state index in [2.05, 4.69) is 25.0 Å². The van der Waals surface area contributed by atoms with Crippen LogP contribution in [0.15, 0.2) is 29.9 Å². The number of rotatable bonds is 5. The average molecular weight is 365 g/mol. The number of H-pyrrole nitrogens is 1. The van der Waals surface area contributed by atoms with Crippen LogP contribution in [-0.4, -0.2) is 41.6 Å². The third-order valence-corrected chi connectivity index (χ3v) is 4.78. The van der Waals surface area contributed by atoms with Crippen LogP contribution < -0.4 is 10.0 Å². The van der Waals surface area contributed by atoms with E-state index in [1.807, 2.05) is 23.7 Å². The van der Waals surface area contributed by atoms with E-state index in [1.54, 1.807) is 6.20 Å². The van der Waals surface area contributed by atoms with Gasteiger partial charge in [0.25, 0.3) is 0 Å². The molecule has 0 radical (unpaired) electrons. The molecule has 3 rings (SSSR count). The molecule has 0 saturated heterocycles. The lowest BCUT2D eigenvalue weighted by Crippen LogP contribution is -2.40. The van der Waals surface area contributed by atoms with Crippen LogP contribution in [0.3, 0.4) is 0 Å². The Kier molecular flexibility index (Phi) is 4.35. The van der Waals surface area contributed by atoms with Gasteiger partial charge in [0.1, 0.15) is 5.65 Å². The van der Waals surface area contributed by atoms with Gasteiger partial charge in [-0.2, -0.15) is 0 Å². The lowest BCUT2D eigenvalue weighted by molar-refractivity contribution is -0.117. The maximum atomic E-state index is 12.0. The first-order valence-corrected chi connectivity index (χ1v) is 9.77. The number of pyridine rings is 1. The van der Waals surface area contributed by atoms with Gasteiger partial charge >= 0.3 is 0 Å². The average Bonchev–Trinajstić information content (AvgIpc) is 3.11. The van der Waals surface area contributed by atoms with Crippen molar-refractivity contribution < 1.29 is 13.2 Å². The van der Waals surface area contributed by atoms with Crippen molar-refractivity contribution in [2.75, 3.05) is 11.6 Å². The van der Waals surface area contributed by atoms with E-state index < -0.39 is 22.0 Å². The minimum atomic E-state index is -3.45. The minimum Gasteiger partial charge on any atom is -0.345 e. The standard InChI is InChI=1S/C14H15N5O3S2/c1-8(19-24(2,21)22)13(20)18-14-17-11(7-23-14)10-6-16-12-9(10)4-3-5-15-12/h3-8,19H,1-2H3,(H,15,16)(H,17,18,20)/t8-/m0/s1. The van der Waals surface area contributed by atoms with Crippen LogP contribution in [0.4, 0.5) is 5.13 Å². The topological polar surface area (TPSA) is 117 Å². The normalized spacial score (nSPS) is 13.1. The van der Waals surface area contributed by atoms with E-state index in [9.17, 15) is 13.2 Å². The second-order valence-electron chi connectivity index (χ2n) is 5.24. The fourth-order valence-electron chi connectivity index (χ4n) is 2.21. The summed E-state index contributed by atoms with van der Waals surface area (Å²) < 4.78 is 24.6. The fraction of sp³-hybridized carbons (Fsp3) is 0.214. The maximum Gasteiger partial charge on any atom is 0.244 e. The zero-order chi connectivity index (χ0) is 17.3. The second kappa shape index (κ2) is 6.30. The Morgan fingerprint density at radius 3 is 2.96 bits per heavy atom. The number of amides is 1. The third-order valence-electron chi connectivity index (χ3n) is 3.25. The number of thiazole rings is 1. The van der Waals surface area contributed by atoms with E-state index in [-0.39, 0.29) is 0 Å². The Balaban J connectivity index is 1.77. The molecule has 0 bridgehead atoms. The Bertz CT molecular complexity index is 993. The van der Waals surface area contributed by atoms with Crippen LogP contribution in [0, 0.1) is 0 Å². The van der Waals surface area contributed by atoms with Crippen LogP contribution in [0.25, 0.3) is 22.3 Å². The molecular formula is C14H15N5O3S2. The third kappa shape index (κ3) is 3.61. The molecule has 1 amide bonds. The Morgan fingerprint density at radius 1 is 1.42 bits per heavy atom. The van der Waals surface area contributed by atoms with Crippen LogP contribution >= 0.6 is 11.3 Å². The molecule has 0 fully saturated rings. The molecule has 0 aromatic carbocycles. The molecule has 3 aromatic heterocycles. The number of hydrogen-bond acceptors (Lipinski definition) is 6. The molecule has 0 aliphatic rings. The van der Waals surface area contributed by atoms with E-state index in [4.69, 9.17) is 0 Å². The SMILES string of the molecule is C[C@H](NS(C)(=O)=O)C(=O)Nc1nc(-c2c[nH]c3ncccc23)cs1. The Labute approximate surface area is 142 Å². The monoisotopic (exact) mass is 365 g/mol. The lowest BCUT2D eigenvalue weighted by Gasteiger charge is -2.10. The number of nitrogens with one attached hydrogen (secondary N) is 3. The molecule has 10 heteroatoms. The van der Waals surface area contributed by atoms with Crippen LogP contribution in [-0.2, 0) is 14.8 Å². The van der Waals surface area contributed by atoms with Gasteiger partial charge in [0.15, 0.2) is 5.13 Å². The number of nitrogens with zero attached hydrogens (tertiary/aromatic N) is 2. The number of aromatic amines is 1. The van der Waals surface area contributed by atoms with Gasteiger partial charge in [-0.25, -0.2) is 23.1 Å². The zero-order valence-electron chi connectivity index (χ0n) is 12.9. The van der Waals surface area contributed by atoms with Gasteiger partial charge in [-0.15, -0.1) is 11.3 Å². The first-order chi connectivity index (χ1) is 11.3. The van der Waals surface area contributed by atoms with Crippen LogP contribution in [0.5, 0.6) is 0 Å². The second-order valence-corrected chi connectivity index (χ2v) is 7.88. The maximum absolute atomic E-state index is 12.0. The van der Waals surface area contributed by atoms with Crippen molar-refractivity contribution in [3.05, 3.63) is 29.9 Å². The molecule has 3 aromatic rings. The summed E-state index contributed by atoms with van der Waals surface area (Å²) in [5.74, 6) is -0.470. The van der Waals surface area contributed by atoms with Gasteiger partial charge in [0.05, 0.1) is 18.0 Å². The molecule has 3 heterocycles. The molecule has 0 unspecified atom stereocenters. The van der Waals surface area contributed by atoms with E-state index in [1.165, 1.54) is 18.3 Å². The van der Waals surface area contributed by atoms with E-state index in [0.29, 0.717) is 10.8 Å². The summed E-state index contributed by atoms with van der Waals surface area (Å²) in [5.41, 5.74) is 2.35. The molecular weight excluding hydrogens is 350 g/mol. The summed E-state index contributed by atoms with van der Waals surface area (Å²) >= 11 is 1.27. The quantitative estimate of drug-likeness (QED) is 0.634. The minimum absolute atomic E-state index is 0.399. The van der Waals surface area contributed by atoms with Crippen molar-refractivity contribution in [2.24, 2.45) is 0 Å². The lowest BCUT2D eigenvalue weighted by atomic mass is 10.2. The van der Waals surface area contributed by atoms with E-state index >= 15 is 0 Å². The van der Waals surface area contributed by atoms with Gasteiger partial charge < -0.3 is 10.3 Å². The summed E-state index contributed by atoms with van der Waals surface area (Å²) in [6, 6.07) is 2.89. The van der Waals surface area contributed by atoms with Gasteiger partial charge in [0.2, 0.25) is 15.9 Å². The highest BCUT2D eigenvalue weighted by atomic mass is 32.2. The van der Waals surface area contributed by atoms with Crippen molar-refractivity contribution in [1.82, 2.24) is 19.7 Å². The van der Waals surface area contributed by atoms with Gasteiger partial charge in [0, 0.05) is 28.7 Å². The highest BCUT2D eigenvalue weighted by Crippen LogP contribution is 2.30. The first kappa shape index (κ1) is 16.6. The van der Waals surface area contributed by atoms with Crippen molar-refractivity contribution in [2.45, 2.75) is 13.0 Å². The number of carbonyl (C=O) groups is 1. The molecule has 126 valence electrons. The Hall–Kier alpha value is -2.30. The molecule has 24 heavy (non-hydrogen) atoms. The Morgan fingerprint density at radius 2 is 2.21 bits per heavy atom. The highest BCUT2D eigenvalue weighted by molar-refractivity contribution is 7.88. The molecule has 8 nitrogen and oxygen atoms in total. The number of aromatic nitrogens is 3. The van der Waals surface area contributed by atoms with Crippen molar-refractivity contribution in [1.29, 1.82) is 0 Å². The summed E-state index contributed by atoms with van der Waals surface area (Å²) in [6.07, 6.45) is 4.51. The summed E-state index contributed by atoms with van der Waals surface area (Å²) in [7, 11) is -3.45. The number of sulfonamides is 1. The molecule has 1 atom stereocenters. The molecule has 0 aliphatic carbocycles. The largest absolute Gasteiger partial charge is 0.345 e. The van der Waals surface area contributed by atoms with Crippen molar-refractivity contribution in [3.63, 3.8) is 0 Å². The molecule has 3 N–H and O–H groups in total. The summed E-state index contributed by atoms with van der Waals surface area (Å²) in [4.78, 5) is 23.7. The molecule has 0 spiro atoms. The van der Waals surface area contributed by atoms with E-state index in [0.717, 1.165) is 22.9 Å². The van der Waals surface area contributed by atoms with Crippen LogP contribution in [0.1, 0.15) is 6.92 Å². The molecule has 0 saturated carbocycles. The summed E-state index contributed by atoms with van der Waals surface area (Å²) in [5, 5.41) is 5.77. The van der Waals surface area contributed by atoms with Crippen molar-refractivity contribution in [3.8, 4) is 11.3 Å². The number of hydrogen-bond donors (Lipinski definition) is 3. The fourth-order valence-corrected chi connectivity index (χ4v) is 3.67. The molecule has 0 aliphatic heterocycles. The smallest absolute Gasteiger partial charge is 0.244 e.